The van der Waals surface area contributed by atoms with Crippen molar-refractivity contribution >= 4 is 11.8 Å². The fourth-order valence-electron chi connectivity index (χ4n) is 1.52. The minimum Gasteiger partial charge on any atom is -0.377 e. The maximum absolute atomic E-state index is 5.63. The van der Waals surface area contributed by atoms with Gasteiger partial charge in [-0.05, 0) is 32.4 Å². The van der Waals surface area contributed by atoms with E-state index in [1.54, 1.807) is 0 Å². The Balaban J connectivity index is 2.29. The first kappa shape index (κ1) is 13.6. The van der Waals surface area contributed by atoms with E-state index in [2.05, 4.69) is 31.2 Å². The molecule has 0 aliphatic heterocycles. The van der Waals surface area contributed by atoms with E-state index >= 15 is 0 Å². The van der Waals surface area contributed by atoms with Crippen LogP contribution in [0.2, 0.25) is 0 Å². The van der Waals surface area contributed by atoms with E-state index in [1.165, 1.54) is 10.5 Å². The lowest BCUT2D eigenvalue weighted by atomic mass is 10.2. The average molecular weight is 239 g/mol. The molecular weight excluding hydrogens is 218 g/mol. The Bertz CT molecular complexity index is 304. The van der Waals surface area contributed by atoms with Gasteiger partial charge < -0.3 is 10.5 Å². The molecule has 0 saturated heterocycles. The van der Waals surface area contributed by atoms with Crippen LogP contribution >= 0.6 is 11.8 Å². The lowest BCUT2D eigenvalue weighted by Crippen LogP contribution is -2.24. The van der Waals surface area contributed by atoms with Crippen LogP contribution in [0.15, 0.2) is 29.2 Å². The molecule has 2 N–H and O–H groups in total. The number of rotatable bonds is 7. The Morgan fingerprint density at radius 3 is 2.88 bits per heavy atom. The predicted molar refractivity (Wildman–Crippen MR) is 71.0 cm³/mol. The zero-order valence-corrected chi connectivity index (χ0v) is 10.9. The third kappa shape index (κ3) is 5.01. The summed E-state index contributed by atoms with van der Waals surface area (Å²) in [6, 6.07) is 8.58. The van der Waals surface area contributed by atoms with Gasteiger partial charge in [0.15, 0.2) is 0 Å². The van der Waals surface area contributed by atoms with Crippen LogP contribution in [0.25, 0.3) is 0 Å². The van der Waals surface area contributed by atoms with E-state index in [4.69, 9.17) is 10.5 Å². The number of hydrogen-bond donors (Lipinski definition) is 1. The van der Waals surface area contributed by atoms with Crippen LogP contribution in [0, 0.1) is 6.92 Å². The van der Waals surface area contributed by atoms with Crippen LogP contribution in [-0.4, -0.2) is 25.0 Å². The number of benzene rings is 1. The van der Waals surface area contributed by atoms with Crippen molar-refractivity contribution in [2.24, 2.45) is 5.73 Å². The third-order valence-corrected chi connectivity index (χ3v) is 3.39. The van der Waals surface area contributed by atoms with Gasteiger partial charge in [-0.2, -0.15) is 0 Å². The molecule has 0 fully saturated rings. The fraction of sp³-hybridized carbons (Fsp3) is 0.538. The molecule has 1 aromatic carbocycles. The zero-order valence-electron chi connectivity index (χ0n) is 10.1. The Morgan fingerprint density at radius 1 is 1.44 bits per heavy atom. The highest BCUT2D eigenvalue weighted by Crippen LogP contribution is 2.20. The zero-order chi connectivity index (χ0) is 11.8. The van der Waals surface area contributed by atoms with Crippen molar-refractivity contribution in [2.45, 2.75) is 31.3 Å². The van der Waals surface area contributed by atoms with E-state index in [0.717, 1.165) is 18.8 Å². The van der Waals surface area contributed by atoms with Gasteiger partial charge in [-0.3, -0.25) is 0 Å². The third-order valence-electron chi connectivity index (χ3n) is 2.36. The second kappa shape index (κ2) is 7.71. The van der Waals surface area contributed by atoms with Gasteiger partial charge in [0.2, 0.25) is 0 Å². The standard InChI is InChI=1S/C13H21NOS/c1-3-15-12(10-14)7-8-16-13-6-4-5-11(2)9-13/h4-6,9,12H,3,7-8,10,14H2,1-2H3. The van der Waals surface area contributed by atoms with Crippen molar-refractivity contribution in [3.8, 4) is 0 Å². The van der Waals surface area contributed by atoms with Crippen LogP contribution in [0.4, 0.5) is 0 Å². The van der Waals surface area contributed by atoms with Gasteiger partial charge in [0.05, 0.1) is 6.10 Å². The van der Waals surface area contributed by atoms with E-state index in [1.807, 2.05) is 18.7 Å². The summed E-state index contributed by atoms with van der Waals surface area (Å²) in [6.45, 7) is 5.49. The lowest BCUT2D eigenvalue weighted by Gasteiger charge is -2.14. The molecule has 1 rings (SSSR count). The summed E-state index contributed by atoms with van der Waals surface area (Å²) >= 11 is 1.87. The van der Waals surface area contributed by atoms with Gasteiger partial charge in [0.1, 0.15) is 0 Å². The predicted octanol–water partition coefficient (Wildman–Crippen LogP) is 2.84. The maximum Gasteiger partial charge on any atom is 0.0705 e. The summed E-state index contributed by atoms with van der Waals surface area (Å²) in [6.07, 6.45) is 1.23. The fourth-order valence-corrected chi connectivity index (χ4v) is 2.58. The molecule has 0 aliphatic carbocycles. The molecule has 1 aromatic rings. The molecule has 0 bridgehead atoms. The van der Waals surface area contributed by atoms with Gasteiger partial charge in [-0.25, -0.2) is 0 Å². The highest BCUT2D eigenvalue weighted by molar-refractivity contribution is 7.99. The van der Waals surface area contributed by atoms with Crippen molar-refractivity contribution in [3.05, 3.63) is 29.8 Å². The van der Waals surface area contributed by atoms with Gasteiger partial charge in [0, 0.05) is 23.8 Å². The lowest BCUT2D eigenvalue weighted by molar-refractivity contribution is 0.0674. The molecule has 0 aromatic heterocycles. The van der Waals surface area contributed by atoms with Crippen LogP contribution < -0.4 is 5.73 Å². The summed E-state index contributed by atoms with van der Waals surface area (Å²) in [5, 5.41) is 0. The van der Waals surface area contributed by atoms with Crippen molar-refractivity contribution in [3.63, 3.8) is 0 Å². The molecule has 0 radical (unpaired) electrons. The Morgan fingerprint density at radius 2 is 2.25 bits per heavy atom. The normalized spacial score (nSPS) is 12.7. The second-order valence-electron chi connectivity index (χ2n) is 3.77. The minimum atomic E-state index is 0.210. The van der Waals surface area contributed by atoms with Crippen LogP contribution in [0.1, 0.15) is 18.9 Å². The van der Waals surface area contributed by atoms with Gasteiger partial charge >= 0.3 is 0 Å². The van der Waals surface area contributed by atoms with Gasteiger partial charge in [-0.15, -0.1) is 11.8 Å². The van der Waals surface area contributed by atoms with E-state index in [-0.39, 0.29) is 6.10 Å². The van der Waals surface area contributed by atoms with Gasteiger partial charge in [0.25, 0.3) is 0 Å². The number of ether oxygens (including phenoxy) is 1. The SMILES string of the molecule is CCOC(CN)CCSc1cccc(C)c1. The quantitative estimate of drug-likeness (QED) is 0.743. The first-order chi connectivity index (χ1) is 7.76. The molecule has 90 valence electrons. The number of nitrogens with two attached hydrogens (primary N) is 1. The molecule has 0 saturated carbocycles. The van der Waals surface area contributed by atoms with E-state index in [9.17, 15) is 0 Å². The molecule has 3 heteroatoms. The van der Waals surface area contributed by atoms with Gasteiger partial charge in [-0.1, -0.05) is 17.7 Å². The average Bonchev–Trinajstić information content (AvgIpc) is 2.28. The summed E-state index contributed by atoms with van der Waals surface area (Å²) in [4.78, 5) is 1.33. The van der Waals surface area contributed by atoms with Crippen LogP contribution in [0.5, 0.6) is 0 Å². The Hall–Kier alpha value is -0.510. The Labute approximate surface area is 103 Å². The molecule has 0 spiro atoms. The minimum absolute atomic E-state index is 0.210. The topological polar surface area (TPSA) is 35.2 Å². The first-order valence-corrected chi connectivity index (χ1v) is 6.76. The molecule has 1 atom stereocenters. The van der Waals surface area contributed by atoms with Crippen LogP contribution in [-0.2, 0) is 4.74 Å². The summed E-state index contributed by atoms with van der Waals surface area (Å²) in [5.74, 6) is 1.06. The first-order valence-electron chi connectivity index (χ1n) is 5.77. The number of hydrogen-bond acceptors (Lipinski definition) is 3. The monoisotopic (exact) mass is 239 g/mol. The molecule has 0 amide bonds. The molecule has 0 aliphatic rings. The smallest absolute Gasteiger partial charge is 0.0705 e. The highest BCUT2D eigenvalue weighted by Gasteiger charge is 2.05. The summed E-state index contributed by atoms with van der Waals surface area (Å²) in [7, 11) is 0. The highest BCUT2D eigenvalue weighted by atomic mass is 32.2. The van der Waals surface area contributed by atoms with Crippen LogP contribution in [0.3, 0.4) is 0 Å². The molecule has 0 heterocycles. The summed E-state index contributed by atoms with van der Waals surface area (Å²) < 4.78 is 5.51. The molecule has 16 heavy (non-hydrogen) atoms. The van der Waals surface area contributed by atoms with Crippen molar-refractivity contribution < 1.29 is 4.74 Å². The summed E-state index contributed by atoms with van der Waals surface area (Å²) in [5.41, 5.74) is 6.94. The second-order valence-corrected chi connectivity index (χ2v) is 4.94. The number of thioether (sulfide) groups is 1. The molecule has 2 nitrogen and oxygen atoms in total. The maximum atomic E-state index is 5.63. The molecular formula is C13H21NOS. The van der Waals surface area contributed by atoms with Crippen molar-refractivity contribution in [2.75, 3.05) is 18.9 Å². The van der Waals surface area contributed by atoms with Crippen molar-refractivity contribution in [1.29, 1.82) is 0 Å². The van der Waals surface area contributed by atoms with E-state index in [0.29, 0.717) is 6.54 Å². The van der Waals surface area contributed by atoms with Crippen molar-refractivity contribution in [1.82, 2.24) is 0 Å². The Kier molecular flexibility index (Phi) is 6.53. The molecule has 1 unspecified atom stereocenters. The largest absolute Gasteiger partial charge is 0.377 e. The number of aryl methyl sites for hydroxylation is 1. The van der Waals surface area contributed by atoms with E-state index < -0.39 is 0 Å².